The highest BCUT2D eigenvalue weighted by molar-refractivity contribution is 7.11. The topological polar surface area (TPSA) is 57.6 Å². The Morgan fingerprint density at radius 2 is 2.38 bits per heavy atom. The average molecular weight is 237 g/mol. The van der Waals surface area contributed by atoms with Crippen LogP contribution >= 0.6 is 11.3 Å². The van der Waals surface area contributed by atoms with Crippen molar-refractivity contribution in [2.24, 2.45) is 0 Å². The lowest BCUT2D eigenvalue weighted by molar-refractivity contribution is -0.115. The second kappa shape index (κ2) is 4.09. The van der Waals surface area contributed by atoms with E-state index in [1.54, 1.807) is 6.92 Å². The summed E-state index contributed by atoms with van der Waals surface area (Å²) < 4.78 is 0. The number of carbonyl (C=O) groups is 2. The van der Waals surface area contributed by atoms with E-state index in [1.807, 2.05) is 17.5 Å². The Bertz CT molecular complexity index is 450. The summed E-state index contributed by atoms with van der Waals surface area (Å²) in [5.41, 5.74) is 0.492. The molecule has 0 aromatic carbocycles. The zero-order valence-electron chi connectivity index (χ0n) is 8.71. The number of rotatable bonds is 1. The third kappa shape index (κ3) is 1.86. The summed E-state index contributed by atoms with van der Waals surface area (Å²) in [4.78, 5) is 24.7. The van der Waals surface area contributed by atoms with Crippen LogP contribution in [0.5, 0.6) is 0 Å². The van der Waals surface area contributed by atoms with E-state index in [-0.39, 0.29) is 18.2 Å². The van der Waals surface area contributed by atoms with Crippen molar-refractivity contribution in [3.05, 3.63) is 28.5 Å². The molecule has 0 bridgehead atoms. The van der Waals surface area contributed by atoms with E-state index in [9.17, 15) is 9.59 Å². The molecule has 1 aromatic rings. The van der Waals surface area contributed by atoms with Gasteiger partial charge in [0, 0.05) is 18.5 Å². The van der Waals surface area contributed by atoms with Crippen LogP contribution in [0.3, 0.4) is 0 Å². The quantitative estimate of drug-likeness (QED) is 0.816. The molecule has 84 valence electrons. The monoisotopic (exact) mass is 237 g/mol. The number of carboxylic acid groups (broad SMARTS) is 1. The number of thiophene rings is 1. The van der Waals surface area contributed by atoms with Gasteiger partial charge in [-0.05, 0) is 18.4 Å². The molecule has 5 heteroatoms. The maximum Gasteiger partial charge on any atom is 0.412 e. The van der Waals surface area contributed by atoms with Gasteiger partial charge in [-0.3, -0.25) is 9.69 Å². The normalized spacial score (nSPS) is 20.8. The van der Waals surface area contributed by atoms with Crippen LogP contribution in [0.25, 0.3) is 5.70 Å². The van der Waals surface area contributed by atoms with Crippen LogP contribution < -0.4 is 0 Å². The summed E-state index contributed by atoms with van der Waals surface area (Å²) >= 11 is 1.43. The van der Waals surface area contributed by atoms with Gasteiger partial charge in [-0.2, -0.15) is 0 Å². The smallest absolute Gasteiger partial charge is 0.412 e. The summed E-state index contributed by atoms with van der Waals surface area (Å²) in [5, 5.41) is 11.0. The van der Waals surface area contributed by atoms with Gasteiger partial charge >= 0.3 is 6.09 Å². The first-order valence-electron chi connectivity index (χ1n) is 4.90. The highest BCUT2D eigenvalue weighted by Crippen LogP contribution is 2.30. The Kier molecular flexibility index (Phi) is 2.78. The maximum absolute atomic E-state index is 11.5. The molecule has 0 aliphatic carbocycles. The number of amides is 1. The lowest BCUT2D eigenvalue weighted by atomic mass is 10.0. The van der Waals surface area contributed by atoms with Gasteiger partial charge in [0.25, 0.3) is 0 Å². The van der Waals surface area contributed by atoms with Gasteiger partial charge < -0.3 is 5.11 Å². The predicted molar refractivity (Wildman–Crippen MR) is 61.2 cm³/mol. The Hall–Kier alpha value is -1.62. The van der Waals surface area contributed by atoms with Crippen LogP contribution in [0.15, 0.2) is 23.6 Å². The number of hydrogen-bond acceptors (Lipinski definition) is 3. The molecule has 1 atom stereocenters. The Labute approximate surface area is 96.8 Å². The van der Waals surface area contributed by atoms with Gasteiger partial charge in [-0.25, -0.2) is 4.79 Å². The summed E-state index contributed by atoms with van der Waals surface area (Å²) in [6.45, 7) is 1.74. The van der Waals surface area contributed by atoms with Crippen molar-refractivity contribution >= 4 is 28.9 Å². The van der Waals surface area contributed by atoms with Gasteiger partial charge in [0.2, 0.25) is 0 Å². The Morgan fingerprint density at radius 1 is 1.62 bits per heavy atom. The molecule has 0 saturated carbocycles. The van der Waals surface area contributed by atoms with E-state index in [2.05, 4.69) is 0 Å². The summed E-state index contributed by atoms with van der Waals surface area (Å²) in [5.74, 6) is -0.0200. The fourth-order valence-corrected chi connectivity index (χ4v) is 2.55. The van der Waals surface area contributed by atoms with E-state index in [0.717, 1.165) is 4.88 Å². The first kappa shape index (κ1) is 10.9. The van der Waals surface area contributed by atoms with E-state index < -0.39 is 6.09 Å². The summed E-state index contributed by atoms with van der Waals surface area (Å²) in [7, 11) is 0. The first-order valence-corrected chi connectivity index (χ1v) is 5.78. The van der Waals surface area contributed by atoms with Crippen LogP contribution in [-0.4, -0.2) is 27.9 Å². The molecular formula is C11H11NO3S. The van der Waals surface area contributed by atoms with Crippen LogP contribution in [0.2, 0.25) is 0 Å². The molecular weight excluding hydrogens is 226 g/mol. The Balaban J connectivity index is 2.45. The third-order valence-electron chi connectivity index (χ3n) is 2.47. The molecule has 2 rings (SSSR count). The molecule has 0 radical (unpaired) electrons. The van der Waals surface area contributed by atoms with E-state index in [0.29, 0.717) is 5.70 Å². The summed E-state index contributed by atoms with van der Waals surface area (Å²) in [6, 6.07) is 3.36. The van der Waals surface area contributed by atoms with Crippen molar-refractivity contribution in [2.75, 3.05) is 0 Å². The number of hydrogen-bond donors (Lipinski definition) is 1. The number of ketones is 1. The van der Waals surface area contributed by atoms with Crippen molar-refractivity contribution in [3.63, 3.8) is 0 Å². The van der Waals surface area contributed by atoms with Crippen LogP contribution in [0.1, 0.15) is 18.2 Å². The molecule has 0 fully saturated rings. The van der Waals surface area contributed by atoms with Crippen molar-refractivity contribution in [3.8, 4) is 0 Å². The number of nitrogens with zero attached hydrogens (tertiary/aromatic N) is 1. The van der Waals surface area contributed by atoms with Crippen LogP contribution in [-0.2, 0) is 4.79 Å². The molecule has 1 amide bonds. The molecule has 2 heterocycles. The van der Waals surface area contributed by atoms with E-state index in [1.165, 1.54) is 22.3 Å². The van der Waals surface area contributed by atoms with Gasteiger partial charge in [-0.15, -0.1) is 11.3 Å². The third-order valence-corrected chi connectivity index (χ3v) is 3.37. The first-order chi connectivity index (χ1) is 7.59. The SMILES string of the molecule is CC1CC(=O)C=C(c2cccs2)N1C(=O)O. The molecule has 16 heavy (non-hydrogen) atoms. The molecule has 0 saturated heterocycles. The standard InChI is InChI=1S/C11H11NO3S/c1-7-5-8(13)6-9(12(7)11(14)15)10-3-2-4-16-10/h2-4,6-7H,5H2,1H3,(H,14,15). The van der Waals surface area contributed by atoms with Crippen molar-refractivity contribution < 1.29 is 14.7 Å². The van der Waals surface area contributed by atoms with E-state index in [4.69, 9.17) is 5.11 Å². The molecule has 1 aromatic heterocycles. The van der Waals surface area contributed by atoms with Gasteiger partial charge in [0.1, 0.15) is 0 Å². The van der Waals surface area contributed by atoms with Gasteiger partial charge in [-0.1, -0.05) is 6.07 Å². The van der Waals surface area contributed by atoms with Crippen molar-refractivity contribution in [1.82, 2.24) is 4.90 Å². The Morgan fingerprint density at radius 3 is 2.94 bits per heavy atom. The molecule has 1 aliphatic heterocycles. The highest BCUT2D eigenvalue weighted by atomic mass is 32.1. The minimum absolute atomic E-state index is 0.0200. The van der Waals surface area contributed by atoms with Crippen molar-refractivity contribution in [1.29, 1.82) is 0 Å². The molecule has 1 unspecified atom stereocenters. The lowest BCUT2D eigenvalue weighted by Crippen LogP contribution is -2.40. The number of carbonyl (C=O) groups excluding carboxylic acids is 1. The maximum atomic E-state index is 11.5. The lowest BCUT2D eigenvalue weighted by Gasteiger charge is -2.30. The van der Waals surface area contributed by atoms with Gasteiger partial charge in [0.15, 0.2) is 5.78 Å². The minimum Gasteiger partial charge on any atom is -0.465 e. The van der Waals surface area contributed by atoms with Crippen LogP contribution in [0, 0.1) is 0 Å². The minimum atomic E-state index is -1.01. The zero-order chi connectivity index (χ0) is 11.7. The van der Waals surface area contributed by atoms with Crippen LogP contribution in [0.4, 0.5) is 4.79 Å². The molecule has 0 spiro atoms. The predicted octanol–water partition coefficient (Wildman–Crippen LogP) is 2.43. The van der Waals surface area contributed by atoms with Crippen molar-refractivity contribution in [2.45, 2.75) is 19.4 Å². The summed E-state index contributed by atoms with van der Waals surface area (Å²) in [6.07, 6.45) is 0.654. The fraction of sp³-hybridized carbons (Fsp3) is 0.273. The molecule has 1 N–H and O–H groups in total. The number of allylic oxidation sites excluding steroid dienone is 1. The second-order valence-corrected chi connectivity index (χ2v) is 4.63. The second-order valence-electron chi connectivity index (χ2n) is 3.68. The fourth-order valence-electron chi connectivity index (χ4n) is 1.81. The molecule has 1 aliphatic rings. The molecule has 4 nitrogen and oxygen atoms in total. The highest BCUT2D eigenvalue weighted by Gasteiger charge is 2.30. The van der Waals surface area contributed by atoms with E-state index >= 15 is 0 Å². The average Bonchev–Trinajstić information content (AvgIpc) is 2.67. The largest absolute Gasteiger partial charge is 0.465 e. The van der Waals surface area contributed by atoms with Gasteiger partial charge in [0.05, 0.1) is 10.6 Å². The zero-order valence-corrected chi connectivity index (χ0v) is 9.53.